The molecule has 8 nitrogen and oxygen atoms in total. The molecule has 0 aliphatic rings. The zero-order valence-corrected chi connectivity index (χ0v) is 22.8. The van der Waals surface area contributed by atoms with Crippen molar-refractivity contribution in [3.05, 3.63) is 123 Å². The van der Waals surface area contributed by atoms with E-state index in [0.717, 1.165) is 5.39 Å². The van der Waals surface area contributed by atoms with Gasteiger partial charge in [0, 0.05) is 11.1 Å². The third-order valence-electron chi connectivity index (χ3n) is 6.15. The molecule has 2 aromatic heterocycles. The molecule has 0 aliphatic carbocycles. The van der Waals surface area contributed by atoms with Crippen molar-refractivity contribution in [2.45, 2.75) is 0 Å². The maximum Gasteiger partial charge on any atom is 0.282 e. The summed E-state index contributed by atoms with van der Waals surface area (Å²) in [6.07, 6.45) is 1.44. The molecule has 0 atom stereocenters. The summed E-state index contributed by atoms with van der Waals surface area (Å²) in [5, 5.41) is 8.79. The average Bonchev–Trinajstić information content (AvgIpc) is 3.41. The van der Waals surface area contributed by atoms with E-state index >= 15 is 0 Å². The third kappa shape index (κ3) is 5.56. The van der Waals surface area contributed by atoms with Gasteiger partial charge in [0.1, 0.15) is 5.58 Å². The molecule has 0 unspecified atom stereocenters. The number of para-hydroxylation sites is 3. The molecule has 10 heteroatoms. The van der Waals surface area contributed by atoms with Gasteiger partial charge in [-0.25, -0.2) is 4.98 Å². The van der Waals surface area contributed by atoms with Crippen LogP contribution in [0.5, 0.6) is 5.75 Å². The zero-order valence-electron chi connectivity index (χ0n) is 21.3. The normalized spacial score (nSPS) is 11.4. The Labute approximate surface area is 243 Å². The fraction of sp³-hybridized carbons (Fsp3) is 0.0323. The van der Waals surface area contributed by atoms with Crippen LogP contribution in [0, 0.1) is 0 Å². The minimum absolute atomic E-state index is 0.154. The van der Waals surface area contributed by atoms with Crippen molar-refractivity contribution >= 4 is 62.9 Å². The van der Waals surface area contributed by atoms with Crippen molar-refractivity contribution in [3.63, 3.8) is 0 Å². The monoisotopic (exact) mass is 582 g/mol. The summed E-state index contributed by atoms with van der Waals surface area (Å²) in [4.78, 5) is 30.4. The van der Waals surface area contributed by atoms with E-state index in [4.69, 9.17) is 32.4 Å². The predicted molar refractivity (Wildman–Crippen MR) is 161 cm³/mol. The SMILES string of the molecule is O=C(COc1c(Cl)cc(C=Nn2c(-c3cc4ccccc4o3)nc3ccccc3c2=O)cc1Cl)Nc1ccccc1. The molecule has 202 valence electrons. The smallest absolute Gasteiger partial charge is 0.282 e. The first-order chi connectivity index (χ1) is 20.0. The van der Waals surface area contributed by atoms with E-state index in [1.54, 1.807) is 42.5 Å². The number of anilines is 1. The number of hydrogen-bond acceptors (Lipinski definition) is 6. The van der Waals surface area contributed by atoms with Crippen LogP contribution < -0.4 is 15.6 Å². The van der Waals surface area contributed by atoms with E-state index < -0.39 is 0 Å². The quantitative estimate of drug-likeness (QED) is 0.204. The number of carbonyl (C=O) groups is 1. The van der Waals surface area contributed by atoms with E-state index in [9.17, 15) is 9.59 Å². The Morgan fingerprint density at radius 2 is 1.66 bits per heavy atom. The molecule has 0 saturated carbocycles. The van der Waals surface area contributed by atoms with E-state index in [-0.39, 0.29) is 39.7 Å². The lowest BCUT2D eigenvalue weighted by molar-refractivity contribution is -0.118. The maximum atomic E-state index is 13.5. The molecule has 0 fully saturated rings. The Morgan fingerprint density at radius 3 is 2.44 bits per heavy atom. The van der Waals surface area contributed by atoms with Crippen LogP contribution >= 0.6 is 23.2 Å². The average molecular weight is 583 g/mol. The van der Waals surface area contributed by atoms with E-state index in [0.29, 0.717) is 33.5 Å². The molecular formula is C31H20Cl2N4O4. The second kappa shape index (κ2) is 11.3. The van der Waals surface area contributed by atoms with Gasteiger partial charge in [-0.05, 0) is 54.1 Å². The Balaban J connectivity index is 1.30. The van der Waals surface area contributed by atoms with Crippen LogP contribution in [0.25, 0.3) is 33.5 Å². The van der Waals surface area contributed by atoms with Crippen LogP contribution in [0.1, 0.15) is 5.56 Å². The number of fused-ring (bicyclic) bond motifs is 2. The third-order valence-corrected chi connectivity index (χ3v) is 6.71. The number of ether oxygens (including phenoxy) is 1. The summed E-state index contributed by atoms with van der Waals surface area (Å²) >= 11 is 12.9. The highest BCUT2D eigenvalue weighted by Crippen LogP contribution is 2.34. The van der Waals surface area contributed by atoms with Crippen LogP contribution in [-0.4, -0.2) is 28.4 Å². The highest BCUT2D eigenvalue weighted by molar-refractivity contribution is 6.37. The Hall–Kier alpha value is -4.92. The number of rotatable bonds is 7. The van der Waals surface area contributed by atoms with Crippen LogP contribution in [0.4, 0.5) is 5.69 Å². The minimum atomic E-state index is -0.371. The Bertz CT molecular complexity index is 1950. The second-order valence-corrected chi connectivity index (χ2v) is 9.79. The molecule has 0 aliphatic heterocycles. The number of nitrogens with one attached hydrogen (secondary N) is 1. The topological polar surface area (TPSA) is 98.7 Å². The van der Waals surface area contributed by atoms with Crippen LogP contribution in [0.15, 0.2) is 111 Å². The summed E-state index contributed by atoms with van der Waals surface area (Å²) in [7, 11) is 0. The van der Waals surface area contributed by atoms with Gasteiger partial charge < -0.3 is 14.5 Å². The molecule has 0 spiro atoms. The molecule has 1 amide bonds. The van der Waals surface area contributed by atoms with Gasteiger partial charge in [0.25, 0.3) is 11.5 Å². The number of benzene rings is 4. The van der Waals surface area contributed by atoms with Crippen LogP contribution in [0.2, 0.25) is 10.0 Å². The van der Waals surface area contributed by atoms with Crippen molar-refractivity contribution in [1.82, 2.24) is 9.66 Å². The standard InChI is InChI=1S/C31H20Cl2N4O4/c32-23-14-19(15-24(33)29(23)40-18-28(38)35-21-9-2-1-3-10-21)17-34-37-30(27-16-20-8-4-7-13-26(20)41-27)36-25-12-6-5-11-22(25)31(37)39/h1-17H,18H2,(H,35,38). The van der Waals surface area contributed by atoms with Gasteiger partial charge in [-0.1, -0.05) is 71.7 Å². The number of amides is 1. The molecule has 0 bridgehead atoms. The second-order valence-electron chi connectivity index (χ2n) is 8.98. The molecule has 41 heavy (non-hydrogen) atoms. The summed E-state index contributed by atoms with van der Waals surface area (Å²) in [5.41, 5.74) is 1.95. The zero-order chi connectivity index (χ0) is 28.3. The van der Waals surface area contributed by atoms with Gasteiger partial charge in [0.2, 0.25) is 5.82 Å². The molecule has 6 aromatic rings. The van der Waals surface area contributed by atoms with Crippen LogP contribution in [-0.2, 0) is 4.79 Å². The number of nitrogens with zero attached hydrogens (tertiary/aromatic N) is 3. The summed E-state index contributed by atoms with van der Waals surface area (Å²) in [6, 6.07) is 28.5. The van der Waals surface area contributed by atoms with Crippen molar-refractivity contribution in [2.24, 2.45) is 5.10 Å². The number of hydrogen-bond donors (Lipinski definition) is 1. The van der Waals surface area contributed by atoms with Crippen LogP contribution in [0.3, 0.4) is 0 Å². The molecule has 4 aromatic carbocycles. The van der Waals surface area contributed by atoms with Crippen molar-refractivity contribution < 1.29 is 13.9 Å². The fourth-order valence-electron chi connectivity index (χ4n) is 4.25. The van der Waals surface area contributed by atoms with Gasteiger partial charge in [0.05, 0.1) is 27.2 Å². The van der Waals surface area contributed by atoms with E-state index in [2.05, 4.69) is 15.4 Å². The number of halogens is 2. The first kappa shape index (κ1) is 26.3. The molecule has 6 rings (SSSR count). The Morgan fingerprint density at radius 1 is 0.951 bits per heavy atom. The molecule has 0 radical (unpaired) electrons. The fourth-order valence-corrected chi connectivity index (χ4v) is 4.87. The lowest BCUT2D eigenvalue weighted by atomic mass is 10.2. The number of carbonyl (C=O) groups excluding carboxylic acids is 1. The molecule has 2 heterocycles. The Kier molecular flexibility index (Phi) is 7.24. The van der Waals surface area contributed by atoms with Gasteiger partial charge in [0.15, 0.2) is 18.1 Å². The highest BCUT2D eigenvalue weighted by Gasteiger charge is 2.17. The summed E-state index contributed by atoms with van der Waals surface area (Å²) in [6.45, 7) is -0.291. The van der Waals surface area contributed by atoms with Gasteiger partial charge in [-0.3, -0.25) is 9.59 Å². The molecule has 1 N–H and O–H groups in total. The van der Waals surface area contributed by atoms with Gasteiger partial charge in [-0.2, -0.15) is 9.78 Å². The summed E-state index contributed by atoms with van der Waals surface area (Å²) < 4.78 is 12.8. The first-order valence-corrected chi connectivity index (χ1v) is 13.2. The van der Waals surface area contributed by atoms with E-state index in [1.165, 1.54) is 10.9 Å². The lowest BCUT2D eigenvalue weighted by Crippen LogP contribution is -2.20. The minimum Gasteiger partial charge on any atom is -0.481 e. The predicted octanol–water partition coefficient (Wildman–Crippen LogP) is 7.02. The number of furan rings is 1. The van der Waals surface area contributed by atoms with E-state index in [1.807, 2.05) is 54.6 Å². The highest BCUT2D eigenvalue weighted by atomic mass is 35.5. The molecular weight excluding hydrogens is 563 g/mol. The first-order valence-electron chi connectivity index (χ1n) is 12.5. The van der Waals surface area contributed by atoms with Gasteiger partial charge in [-0.15, -0.1) is 0 Å². The van der Waals surface area contributed by atoms with Crippen molar-refractivity contribution in [3.8, 4) is 17.3 Å². The maximum absolute atomic E-state index is 13.5. The van der Waals surface area contributed by atoms with Gasteiger partial charge >= 0.3 is 0 Å². The van der Waals surface area contributed by atoms with Crippen molar-refractivity contribution in [2.75, 3.05) is 11.9 Å². The lowest BCUT2D eigenvalue weighted by Gasteiger charge is -2.11. The van der Waals surface area contributed by atoms with Crippen molar-refractivity contribution in [1.29, 1.82) is 0 Å². The summed E-state index contributed by atoms with van der Waals surface area (Å²) in [5.74, 6) is 0.416. The number of aromatic nitrogens is 2. The molecule has 0 saturated heterocycles. The largest absolute Gasteiger partial charge is 0.481 e.